The van der Waals surface area contributed by atoms with Crippen molar-refractivity contribution in [2.24, 2.45) is 0 Å². The zero-order valence-electron chi connectivity index (χ0n) is 43.6. The number of rotatable bonds is 46. The third-order valence-electron chi connectivity index (χ3n) is 12.4. The van der Waals surface area contributed by atoms with Crippen molar-refractivity contribution in [1.82, 2.24) is 0 Å². The van der Waals surface area contributed by atoms with Gasteiger partial charge >= 0.3 is 23.9 Å². The van der Waals surface area contributed by atoms with Gasteiger partial charge in [-0.2, -0.15) is 0 Å². The Morgan fingerprint density at radius 1 is 0.478 bits per heavy atom. The number of hydrogen-bond donors (Lipinski definition) is 3. The van der Waals surface area contributed by atoms with Gasteiger partial charge in [-0.3, -0.25) is 14.4 Å². The second-order valence-corrected chi connectivity index (χ2v) is 18.9. The van der Waals surface area contributed by atoms with Crippen LogP contribution in [0.4, 0.5) is 0 Å². The quantitative estimate of drug-likeness (QED) is 0.0228. The Balaban J connectivity index is 2.68. The number of carbonyl (C=O) groups excluding carboxylic acids is 3. The molecule has 1 heterocycles. The van der Waals surface area contributed by atoms with Gasteiger partial charge in [0.1, 0.15) is 18.8 Å². The molecule has 0 spiro atoms. The summed E-state index contributed by atoms with van der Waals surface area (Å²) >= 11 is 0. The number of aliphatic carboxylic acids is 1. The standard InChI is InChI=1S/C57H98O12/c1-4-7-10-13-16-19-21-23-24-25-26-28-29-32-34-37-40-43-49(58)65-46-48(67-50(59)44-41-38-35-31-18-15-12-9-6-3)47-66-57-55(53(62)52(61)54(69-57)56(63)64)68-51(60)45-42-39-36-33-30-27-22-20-17-14-11-8-5-2/h11,14,16,19-20,22-24,48,52-55,57,61-62H,4-10,12-13,15,17-18,21,25-47H2,1-3H3,(H,63,64)/b14-11-,19-16-,22-20-,24-23-. The summed E-state index contributed by atoms with van der Waals surface area (Å²) < 4.78 is 28.3. The molecule has 0 aromatic rings. The van der Waals surface area contributed by atoms with E-state index in [1.165, 1.54) is 70.6 Å². The van der Waals surface area contributed by atoms with Crippen LogP contribution in [0.1, 0.15) is 239 Å². The van der Waals surface area contributed by atoms with Crippen molar-refractivity contribution in [2.75, 3.05) is 13.2 Å². The third-order valence-corrected chi connectivity index (χ3v) is 12.4. The van der Waals surface area contributed by atoms with Crippen molar-refractivity contribution in [2.45, 2.75) is 276 Å². The number of hydrogen-bond acceptors (Lipinski definition) is 11. The van der Waals surface area contributed by atoms with Gasteiger partial charge in [-0.05, 0) is 77.0 Å². The molecule has 12 nitrogen and oxygen atoms in total. The first-order chi connectivity index (χ1) is 33.6. The highest BCUT2D eigenvalue weighted by Gasteiger charge is 2.50. The van der Waals surface area contributed by atoms with E-state index in [0.29, 0.717) is 19.3 Å². The van der Waals surface area contributed by atoms with Crippen LogP contribution in [0.15, 0.2) is 48.6 Å². The van der Waals surface area contributed by atoms with Crippen LogP contribution in [-0.2, 0) is 42.9 Å². The lowest BCUT2D eigenvalue weighted by molar-refractivity contribution is -0.301. The van der Waals surface area contributed by atoms with E-state index in [4.69, 9.17) is 23.7 Å². The van der Waals surface area contributed by atoms with E-state index in [1.54, 1.807) is 0 Å². The molecule has 0 aromatic carbocycles. The fraction of sp³-hybridized carbons (Fsp3) is 0.789. The maximum Gasteiger partial charge on any atom is 0.335 e. The lowest BCUT2D eigenvalue weighted by Gasteiger charge is -2.40. The lowest BCUT2D eigenvalue weighted by Crippen LogP contribution is -2.61. The first-order valence-corrected chi connectivity index (χ1v) is 27.6. The van der Waals surface area contributed by atoms with E-state index in [2.05, 4.69) is 69.4 Å². The number of carbonyl (C=O) groups is 4. The summed E-state index contributed by atoms with van der Waals surface area (Å²) in [7, 11) is 0. The Morgan fingerprint density at radius 3 is 1.39 bits per heavy atom. The molecule has 1 fully saturated rings. The molecule has 0 aromatic heterocycles. The van der Waals surface area contributed by atoms with Crippen LogP contribution in [0, 0.1) is 0 Å². The molecule has 6 unspecified atom stereocenters. The summed E-state index contributed by atoms with van der Waals surface area (Å²) in [6.45, 7) is 5.85. The molecular weight excluding hydrogens is 877 g/mol. The Hall–Kier alpha value is -3.32. The predicted molar refractivity (Wildman–Crippen MR) is 276 cm³/mol. The van der Waals surface area contributed by atoms with Crippen molar-refractivity contribution < 1.29 is 58.2 Å². The predicted octanol–water partition coefficient (Wildman–Crippen LogP) is 13.4. The Labute approximate surface area is 418 Å². The van der Waals surface area contributed by atoms with Crippen LogP contribution in [0.2, 0.25) is 0 Å². The molecule has 6 atom stereocenters. The maximum absolute atomic E-state index is 13.0. The summed E-state index contributed by atoms with van der Waals surface area (Å²) in [5, 5.41) is 31.3. The molecule has 0 aliphatic carbocycles. The molecule has 1 rings (SSSR count). The van der Waals surface area contributed by atoms with E-state index >= 15 is 0 Å². The molecule has 0 bridgehead atoms. The fourth-order valence-corrected chi connectivity index (χ4v) is 8.08. The number of carboxylic acid groups (broad SMARTS) is 1. The van der Waals surface area contributed by atoms with Crippen LogP contribution in [-0.4, -0.2) is 89.2 Å². The first-order valence-electron chi connectivity index (χ1n) is 27.6. The first kappa shape index (κ1) is 63.7. The van der Waals surface area contributed by atoms with Crippen LogP contribution in [0.25, 0.3) is 0 Å². The SMILES string of the molecule is CCC/C=C\C/C=C\CCCCCCCC(=O)OC1C(OCC(COC(=O)CCCCCCCCC/C=C\C/C=C\CCCCC)OC(=O)CCCCCCCCCCC)OC(C(=O)O)C(O)C1O. The summed E-state index contributed by atoms with van der Waals surface area (Å²) in [6.07, 6.45) is 41.0. The van der Waals surface area contributed by atoms with E-state index in [1.807, 2.05) is 0 Å². The smallest absolute Gasteiger partial charge is 0.335 e. The summed E-state index contributed by atoms with van der Waals surface area (Å²) in [6, 6.07) is 0. The number of allylic oxidation sites excluding steroid dienone is 8. The number of aliphatic hydroxyl groups excluding tert-OH is 2. The highest BCUT2D eigenvalue weighted by Crippen LogP contribution is 2.26. The van der Waals surface area contributed by atoms with E-state index in [-0.39, 0.29) is 25.9 Å². The minimum absolute atomic E-state index is 0.0447. The van der Waals surface area contributed by atoms with Crippen LogP contribution < -0.4 is 0 Å². The fourth-order valence-electron chi connectivity index (χ4n) is 8.08. The highest BCUT2D eigenvalue weighted by molar-refractivity contribution is 5.74. The van der Waals surface area contributed by atoms with Crippen LogP contribution in [0.3, 0.4) is 0 Å². The molecule has 0 radical (unpaired) electrons. The second-order valence-electron chi connectivity index (χ2n) is 18.9. The number of ether oxygens (including phenoxy) is 5. The third kappa shape index (κ3) is 36.3. The minimum atomic E-state index is -1.91. The zero-order valence-corrected chi connectivity index (χ0v) is 43.6. The minimum Gasteiger partial charge on any atom is -0.479 e. The van der Waals surface area contributed by atoms with Crippen LogP contribution >= 0.6 is 0 Å². The molecule has 3 N–H and O–H groups in total. The van der Waals surface area contributed by atoms with E-state index in [0.717, 1.165) is 109 Å². The van der Waals surface area contributed by atoms with Crippen molar-refractivity contribution in [3.05, 3.63) is 48.6 Å². The van der Waals surface area contributed by atoms with E-state index in [9.17, 15) is 34.5 Å². The van der Waals surface area contributed by atoms with Gasteiger partial charge in [0.15, 0.2) is 24.6 Å². The van der Waals surface area contributed by atoms with Gasteiger partial charge in [-0.1, -0.05) is 191 Å². The van der Waals surface area contributed by atoms with Crippen molar-refractivity contribution >= 4 is 23.9 Å². The molecule has 1 aliphatic heterocycles. The van der Waals surface area contributed by atoms with Gasteiger partial charge in [0.05, 0.1) is 6.61 Å². The number of aliphatic hydroxyl groups is 2. The van der Waals surface area contributed by atoms with E-state index < -0.39 is 67.3 Å². The van der Waals surface area contributed by atoms with Crippen LogP contribution in [0.5, 0.6) is 0 Å². The molecule has 0 amide bonds. The molecule has 398 valence electrons. The molecule has 0 saturated carbocycles. The summed E-state index contributed by atoms with van der Waals surface area (Å²) in [5.41, 5.74) is 0. The lowest BCUT2D eigenvalue weighted by atomic mass is 9.98. The normalized spacial score (nSPS) is 19.0. The van der Waals surface area contributed by atoms with Crippen molar-refractivity contribution in [1.29, 1.82) is 0 Å². The summed E-state index contributed by atoms with van der Waals surface area (Å²) in [4.78, 5) is 50.8. The Kier molecular flexibility index (Phi) is 42.3. The van der Waals surface area contributed by atoms with Gasteiger partial charge in [-0.15, -0.1) is 0 Å². The second kappa shape index (κ2) is 45.8. The topological polar surface area (TPSA) is 175 Å². The zero-order chi connectivity index (χ0) is 50.4. The number of unbranched alkanes of at least 4 members (excludes halogenated alkanes) is 24. The number of carboxylic acids is 1. The molecular formula is C57H98O12. The monoisotopic (exact) mass is 975 g/mol. The van der Waals surface area contributed by atoms with Gasteiger partial charge < -0.3 is 39.0 Å². The highest BCUT2D eigenvalue weighted by atomic mass is 16.7. The molecule has 69 heavy (non-hydrogen) atoms. The summed E-state index contributed by atoms with van der Waals surface area (Å²) in [5.74, 6) is -3.14. The van der Waals surface area contributed by atoms with Gasteiger partial charge in [0.25, 0.3) is 0 Å². The average Bonchev–Trinajstić information content (AvgIpc) is 3.33. The van der Waals surface area contributed by atoms with Gasteiger partial charge in [-0.25, -0.2) is 4.79 Å². The average molecular weight is 975 g/mol. The van der Waals surface area contributed by atoms with Crippen molar-refractivity contribution in [3.63, 3.8) is 0 Å². The van der Waals surface area contributed by atoms with Gasteiger partial charge in [0.2, 0.25) is 0 Å². The number of esters is 3. The Bertz CT molecular complexity index is 1390. The molecule has 1 aliphatic rings. The molecule has 12 heteroatoms. The Morgan fingerprint density at radius 2 is 0.899 bits per heavy atom. The van der Waals surface area contributed by atoms with Crippen molar-refractivity contribution in [3.8, 4) is 0 Å². The largest absolute Gasteiger partial charge is 0.479 e. The maximum atomic E-state index is 13.0. The van der Waals surface area contributed by atoms with Gasteiger partial charge in [0, 0.05) is 19.3 Å². The molecule has 1 saturated heterocycles.